The van der Waals surface area contributed by atoms with Gasteiger partial charge in [0.15, 0.2) is 0 Å². The van der Waals surface area contributed by atoms with E-state index >= 15 is 0 Å². The SMILES string of the molecule is CSc1ccc(C)cc1-c1nc2ccccc2c(F)c1C. The van der Waals surface area contributed by atoms with Gasteiger partial charge in [-0.2, -0.15) is 0 Å². The lowest BCUT2D eigenvalue weighted by Crippen LogP contribution is -1.97. The third kappa shape index (κ3) is 2.42. The number of fused-ring (bicyclic) bond motifs is 1. The lowest BCUT2D eigenvalue weighted by molar-refractivity contribution is 0.630. The first-order valence-electron chi connectivity index (χ1n) is 6.81. The molecular weight excluding hydrogens is 281 g/mol. The van der Waals surface area contributed by atoms with Gasteiger partial charge in [0.2, 0.25) is 0 Å². The molecule has 0 N–H and O–H groups in total. The van der Waals surface area contributed by atoms with Crippen molar-refractivity contribution in [2.75, 3.05) is 6.26 Å². The minimum Gasteiger partial charge on any atom is -0.247 e. The van der Waals surface area contributed by atoms with Crippen LogP contribution in [0, 0.1) is 19.7 Å². The Morgan fingerprint density at radius 3 is 2.57 bits per heavy atom. The fraction of sp³-hybridized carbons (Fsp3) is 0.167. The van der Waals surface area contributed by atoms with Crippen LogP contribution in [0.3, 0.4) is 0 Å². The number of thioether (sulfide) groups is 1. The van der Waals surface area contributed by atoms with Crippen molar-refractivity contribution in [3.8, 4) is 11.3 Å². The number of rotatable bonds is 2. The second-order valence-electron chi connectivity index (χ2n) is 5.12. The molecule has 3 rings (SSSR count). The summed E-state index contributed by atoms with van der Waals surface area (Å²) >= 11 is 1.66. The van der Waals surface area contributed by atoms with Crippen molar-refractivity contribution in [1.29, 1.82) is 0 Å². The van der Waals surface area contributed by atoms with Crippen LogP contribution in [0.15, 0.2) is 47.4 Å². The molecule has 0 saturated carbocycles. The van der Waals surface area contributed by atoms with Crippen LogP contribution in [-0.4, -0.2) is 11.2 Å². The van der Waals surface area contributed by atoms with Gasteiger partial charge in [-0.1, -0.05) is 23.8 Å². The lowest BCUT2D eigenvalue weighted by atomic mass is 10.0. The van der Waals surface area contributed by atoms with Crippen LogP contribution in [0.5, 0.6) is 0 Å². The Kier molecular flexibility index (Phi) is 3.68. The van der Waals surface area contributed by atoms with Crippen molar-refractivity contribution in [2.45, 2.75) is 18.7 Å². The molecule has 0 amide bonds. The maximum atomic E-state index is 14.6. The van der Waals surface area contributed by atoms with Crippen molar-refractivity contribution >= 4 is 22.7 Å². The van der Waals surface area contributed by atoms with Crippen molar-refractivity contribution in [3.05, 3.63) is 59.4 Å². The summed E-state index contributed by atoms with van der Waals surface area (Å²) in [5, 5.41) is 0.581. The second-order valence-corrected chi connectivity index (χ2v) is 5.97. The van der Waals surface area contributed by atoms with E-state index in [1.165, 1.54) is 0 Å². The van der Waals surface area contributed by atoms with E-state index in [0.717, 1.165) is 21.7 Å². The predicted molar refractivity (Wildman–Crippen MR) is 88.4 cm³/mol. The molecule has 0 bridgehead atoms. The molecule has 0 aliphatic carbocycles. The minimum absolute atomic E-state index is 0.177. The number of hydrogen-bond acceptors (Lipinski definition) is 2. The van der Waals surface area contributed by atoms with E-state index in [9.17, 15) is 4.39 Å². The van der Waals surface area contributed by atoms with Crippen molar-refractivity contribution < 1.29 is 4.39 Å². The predicted octanol–water partition coefficient (Wildman–Crippen LogP) is 5.38. The number of hydrogen-bond donors (Lipinski definition) is 0. The molecule has 3 aromatic rings. The summed E-state index contributed by atoms with van der Waals surface area (Å²) in [6.45, 7) is 3.84. The Balaban J connectivity index is 2.35. The fourth-order valence-electron chi connectivity index (χ4n) is 2.54. The molecule has 1 heterocycles. The first-order chi connectivity index (χ1) is 10.1. The van der Waals surface area contributed by atoms with Gasteiger partial charge in [0.25, 0.3) is 0 Å². The summed E-state index contributed by atoms with van der Waals surface area (Å²) < 4.78 is 14.6. The summed E-state index contributed by atoms with van der Waals surface area (Å²) in [6, 6.07) is 13.6. The van der Waals surface area contributed by atoms with E-state index in [-0.39, 0.29) is 5.82 Å². The zero-order valence-corrected chi connectivity index (χ0v) is 13.1. The Hall–Kier alpha value is -1.87. The Bertz CT molecular complexity index is 827. The first kappa shape index (κ1) is 14.1. The topological polar surface area (TPSA) is 12.9 Å². The van der Waals surface area contributed by atoms with Crippen LogP contribution in [0.4, 0.5) is 4.39 Å². The minimum atomic E-state index is -0.177. The molecule has 0 fully saturated rings. The summed E-state index contributed by atoms with van der Waals surface area (Å²) in [6.07, 6.45) is 2.03. The van der Waals surface area contributed by atoms with Gasteiger partial charge in [-0.25, -0.2) is 9.37 Å². The number of aromatic nitrogens is 1. The van der Waals surface area contributed by atoms with E-state index in [2.05, 4.69) is 18.2 Å². The highest BCUT2D eigenvalue weighted by molar-refractivity contribution is 7.98. The quantitative estimate of drug-likeness (QED) is 0.589. The average Bonchev–Trinajstić information content (AvgIpc) is 2.51. The van der Waals surface area contributed by atoms with E-state index in [0.29, 0.717) is 16.5 Å². The summed E-state index contributed by atoms with van der Waals surface area (Å²) in [5.74, 6) is -0.177. The van der Waals surface area contributed by atoms with E-state index < -0.39 is 0 Å². The van der Waals surface area contributed by atoms with Gasteiger partial charge in [0.05, 0.1) is 11.2 Å². The Morgan fingerprint density at radius 2 is 1.81 bits per heavy atom. The first-order valence-corrected chi connectivity index (χ1v) is 8.04. The average molecular weight is 297 g/mol. The highest BCUT2D eigenvalue weighted by atomic mass is 32.2. The molecule has 0 atom stereocenters. The van der Waals surface area contributed by atoms with Gasteiger partial charge in [0.1, 0.15) is 5.82 Å². The smallest absolute Gasteiger partial charge is 0.137 e. The number of benzene rings is 2. The van der Waals surface area contributed by atoms with E-state index in [4.69, 9.17) is 4.98 Å². The molecule has 0 radical (unpaired) electrons. The molecule has 0 unspecified atom stereocenters. The molecule has 0 aliphatic rings. The number of halogens is 1. The van der Waals surface area contributed by atoms with E-state index in [1.54, 1.807) is 24.8 Å². The third-order valence-corrected chi connectivity index (χ3v) is 4.46. The molecule has 106 valence electrons. The molecule has 0 spiro atoms. The molecule has 0 saturated heterocycles. The number of aryl methyl sites for hydroxylation is 1. The van der Waals surface area contributed by atoms with Crippen LogP contribution < -0.4 is 0 Å². The van der Waals surface area contributed by atoms with Gasteiger partial charge in [-0.3, -0.25) is 0 Å². The number of pyridine rings is 1. The lowest BCUT2D eigenvalue weighted by Gasteiger charge is -2.13. The van der Waals surface area contributed by atoms with Crippen LogP contribution in [-0.2, 0) is 0 Å². The maximum absolute atomic E-state index is 14.6. The molecular formula is C18H16FNS. The normalized spacial score (nSPS) is 11.0. The van der Waals surface area contributed by atoms with Crippen molar-refractivity contribution in [1.82, 2.24) is 4.98 Å². The number of nitrogens with zero attached hydrogens (tertiary/aromatic N) is 1. The van der Waals surface area contributed by atoms with Gasteiger partial charge >= 0.3 is 0 Å². The van der Waals surface area contributed by atoms with Crippen molar-refractivity contribution in [3.63, 3.8) is 0 Å². The second kappa shape index (κ2) is 5.49. The Morgan fingerprint density at radius 1 is 1.05 bits per heavy atom. The molecule has 3 heteroatoms. The van der Waals surface area contributed by atoms with Crippen LogP contribution in [0.2, 0.25) is 0 Å². The van der Waals surface area contributed by atoms with Gasteiger partial charge < -0.3 is 0 Å². The molecule has 1 aromatic heterocycles. The third-order valence-electron chi connectivity index (χ3n) is 3.67. The van der Waals surface area contributed by atoms with Gasteiger partial charge in [-0.05, 0) is 44.4 Å². The summed E-state index contributed by atoms with van der Waals surface area (Å²) in [4.78, 5) is 5.82. The van der Waals surface area contributed by atoms with Crippen molar-refractivity contribution in [2.24, 2.45) is 0 Å². The highest BCUT2D eigenvalue weighted by Gasteiger charge is 2.15. The molecule has 1 nitrogen and oxygen atoms in total. The largest absolute Gasteiger partial charge is 0.247 e. The molecule has 0 aliphatic heterocycles. The van der Waals surface area contributed by atoms with Crippen LogP contribution >= 0.6 is 11.8 Å². The molecule has 2 aromatic carbocycles. The monoisotopic (exact) mass is 297 g/mol. The number of para-hydroxylation sites is 1. The van der Waals surface area contributed by atoms with E-state index in [1.807, 2.05) is 31.4 Å². The standard InChI is InChI=1S/C18H16FNS/c1-11-8-9-16(21-3)14(10-11)18-12(2)17(19)13-6-4-5-7-15(13)20-18/h4-10H,1-3H3. The zero-order valence-electron chi connectivity index (χ0n) is 12.3. The zero-order chi connectivity index (χ0) is 15.0. The van der Waals surface area contributed by atoms with Gasteiger partial charge in [-0.15, -0.1) is 11.8 Å². The highest BCUT2D eigenvalue weighted by Crippen LogP contribution is 2.34. The maximum Gasteiger partial charge on any atom is 0.137 e. The summed E-state index contributed by atoms with van der Waals surface area (Å²) in [5.41, 5.74) is 4.19. The fourth-order valence-corrected chi connectivity index (χ4v) is 3.12. The Labute approximate surface area is 128 Å². The van der Waals surface area contributed by atoms with Crippen LogP contribution in [0.1, 0.15) is 11.1 Å². The molecule has 21 heavy (non-hydrogen) atoms. The van der Waals surface area contributed by atoms with Crippen LogP contribution in [0.25, 0.3) is 22.2 Å². The summed E-state index contributed by atoms with van der Waals surface area (Å²) in [7, 11) is 0. The van der Waals surface area contributed by atoms with Gasteiger partial charge in [0, 0.05) is 21.4 Å².